The van der Waals surface area contributed by atoms with Crippen LogP contribution >= 0.6 is 0 Å². The molecule has 0 saturated carbocycles. The first-order valence-corrected chi connectivity index (χ1v) is 6.60. The molecular formula is C13H19N3O3. The Kier molecular flexibility index (Phi) is 4.31. The molecule has 2 rings (SSSR count). The molecule has 1 aromatic heterocycles. The highest BCUT2D eigenvalue weighted by Gasteiger charge is 2.30. The third-order valence-corrected chi connectivity index (χ3v) is 3.31. The summed E-state index contributed by atoms with van der Waals surface area (Å²) in [5.41, 5.74) is 0.212. The van der Waals surface area contributed by atoms with Crippen molar-refractivity contribution in [1.82, 2.24) is 9.97 Å². The van der Waals surface area contributed by atoms with E-state index in [1.54, 1.807) is 13.0 Å². The zero-order valence-corrected chi connectivity index (χ0v) is 11.2. The number of amides is 1. The zero-order valence-electron chi connectivity index (χ0n) is 11.2. The second kappa shape index (κ2) is 5.97. The molecule has 6 heteroatoms. The Morgan fingerprint density at radius 1 is 1.63 bits per heavy atom. The van der Waals surface area contributed by atoms with E-state index in [0.717, 1.165) is 19.3 Å². The first-order chi connectivity index (χ1) is 9.10. The van der Waals surface area contributed by atoms with Crippen LogP contribution in [0.3, 0.4) is 0 Å². The molecule has 1 aliphatic rings. The molecule has 1 aliphatic heterocycles. The van der Waals surface area contributed by atoms with Gasteiger partial charge in [0, 0.05) is 18.4 Å². The van der Waals surface area contributed by atoms with Crippen molar-refractivity contribution in [2.45, 2.75) is 39.2 Å². The molecule has 0 aliphatic carbocycles. The van der Waals surface area contributed by atoms with Gasteiger partial charge in [0.1, 0.15) is 5.82 Å². The molecule has 0 spiro atoms. The summed E-state index contributed by atoms with van der Waals surface area (Å²) >= 11 is 0. The summed E-state index contributed by atoms with van der Waals surface area (Å²) in [6.07, 6.45) is 2.46. The van der Waals surface area contributed by atoms with Gasteiger partial charge in [0.15, 0.2) is 0 Å². The van der Waals surface area contributed by atoms with Crippen molar-refractivity contribution in [3.63, 3.8) is 0 Å². The molecule has 6 nitrogen and oxygen atoms in total. The molecule has 1 saturated heterocycles. The highest BCUT2D eigenvalue weighted by atomic mass is 16.5. The first-order valence-electron chi connectivity index (χ1n) is 6.60. The molecule has 1 aromatic rings. The smallest absolute Gasteiger partial charge is 0.347 e. The van der Waals surface area contributed by atoms with E-state index in [0.29, 0.717) is 18.1 Å². The van der Waals surface area contributed by atoms with Gasteiger partial charge in [0.25, 0.3) is 0 Å². The average molecular weight is 265 g/mol. The van der Waals surface area contributed by atoms with Crippen LogP contribution in [0.15, 0.2) is 10.9 Å². The number of nitrogens with one attached hydrogen (secondary N) is 2. The maximum Gasteiger partial charge on any atom is 0.347 e. The number of hydrogen-bond donors (Lipinski definition) is 2. The maximum atomic E-state index is 12.2. The van der Waals surface area contributed by atoms with Gasteiger partial charge in [-0.3, -0.25) is 4.79 Å². The normalized spacial score (nSPS) is 23.1. The topological polar surface area (TPSA) is 84.1 Å². The summed E-state index contributed by atoms with van der Waals surface area (Å²) in [4.78, 5) is 29.7. The molecule has 0 unspecified atom stereocenters. The Morgan fingerprint density at radius 3 is 3.11 bits per heavy atom. The molecule has 1 amide bonds. The third-order valence-electron chi connectivity index (χ3n) is 3.31. The highest BCUT2D eigenvalue weighted by molar-refractivity contribution is 5.92. The molecule has 0 aromatic carbocycles. The minimum absolute atomic E-state index is 0.0446. The number of rotatable bonds is 3. The Bertz CT molecular complexity index is 512. The van der Waals surface area contributed by atoms with Crippen LogP contribution in [0.2, 0.25) is 0 Å². The quantitative estimate of drug-likeness (QED) is 0.860. The number of nitrogens with zero attached hydrogens (tertiary/aromatic N) is 1. The van der Waals surface area contributed by atoms with E-state index in [4.69, 9.17) is 4.74 Å². The molecule has 2 atom stereocenters. The molecule has 2 heterocycles. The SMILES string of the molecule is CC[C@H]1OCCC[C@@H]1C(=O)Nc1cc(C)[nH]c(=O)n1. The van der Waals surface area contributed by atoms with Crippen LogP contribution in [0.25, 0.3) is 0 Å². The van der Waals surface area contributed by atoms with Crippen molar-refractivity contribution in [2.75, 3.05) is 11.9 Å². The van der Waals surface area contributed by atoms with Gasteiger partial charge in [-0.05, 0) is 26.2 Å². The van der Waals surface area contributed by atoms with Crippen LogP contribution in [0, 0.1) is 12.8 Å². The van der Waals surface area contributed by atoms with E-state index in [9.17, 15) is 9.59 Å². The molecule has 2 N–H and O–H groups in total. The lowest BCUT2D eigenvalue weighted by molar-refractivity contribution is -0.129. The predicted octanol–water partition coefficient (Wildman–Crippen LogP) is 1.22. The fourth-order valence-electron chi connectivity index (χ4n) is 2.40. The van der Waals surface area contributed by atoms with Gasteiger partial charge in [0.2, 0.25) is 5.91 Å². The number of hydrogen-bond acceptors (Lipinski definition) is 4. The number of aromatic nitrogens is 2. The standard InChI is InChI=1S/C13H19N3O3/c1-3-10-9(5-4-6-19-10)12(17)15-11-7-8(2)14-13(18)16-11/h7,9-10H,3-6H2,1-2H3,(H2,14,15,16,17,18)/t9-,10+/m0/s1. The fourth-order valence-corrected chi connectivity index (χ4v) is 2.40. The molecule has 0 bridgehead atoms. The number of H-pyrrole nitrogens is 1. The number of ether oxygens (including phenoxy) is 1. The first kappa shape index (κ1) is 13.7. The van der Waals surface area contributed by atoms with Crippen molar-refractivity contribution in [1.29, 1.82) is 0 Å². The molecular weight excluding hydrogens is 246 g/mol. The predicted molar refractivity (Wildman–Crippen MR) is 71.0 cm³/mol. The molecule has 0 radical (unpaired) electrons. The highest BCUT2D eigenvalue weighted by Crippen LogP contribution is 2.24. The molecule has 104 valence electrons. The summed E-state index contributed by atoms with van der Waals surface area (Å²) < 4.78 is 5.60. The van der Waals surface area contributed by atoms with Crippen LogP contribution in [-0.2, 0) is 9.53 Å². The van der Waals surface area contributed by atoms with Gasteiger partial charge < -0.3 is 15.0 Å². The zero-order chi connectivity index (χ0) is 13.8. The Labute approximate surface area is 111 Å². The van der Waals surface area contributed by atoms with Crippen molar-refractivity contribution in [3.05, 3.63) is 22.2 Å². The van der Waals surface area contributed by atoms with Gasteiger partial charge >= 0.3 is 5.69 Å². The second-order valence-corrected chi connectivity index (χ2v) is 4.81. The van der Waals surface area contributed by atoms with Gasteiger partial charge in [-0.2, -0.15) is 4.98 Å². The monoisotopic (exact) mass is 265 g/mol. The lowest BCUT2D eigenvalue weighted by Gasteiger charge is -2.29. The van der Waals surface area contributed by atoms with Crippen LogP contribution in [0.4, 0.5) is 5.82 Å². The fraction of sp³-hybridized carbons (Fsp3) is 0.615. The van der Waals surface area contributed by atoms with Crippen molar-refractivity contribution in [3.8, 4) is 0 Å². The van der Waals surface area contributed by atoms with E-state index in [-0.39, 0.29) is 17.9 Å². The minimum atomic E-state index is -0.456. The molecule has 1 fully saturated rings. The van der Waals surface area contributed by atoms with E-state index in [1.165, 1.54) is 0 Å². The van der Waals surface area contributed by atoms with E-state index in [2.05, 4.69) is 15.3 Å². The van der Waals surface area contributed by atoms with Gasteiger partial charge in [-0.1, -0.05) is 6.92 Å². The second-order valence-electron chi connectivity index (χ2n) is 4.81. The lowest BCUT2D eigenvalue weighted by atomic mass is 9.92. The number of carbonyl (C=O) groups excluding carboxylic acids is 1. The molecule has 19 heavy (non-hydrogen) atoms. The third kappa shape index (κ3) is 3.41. The number of anilines is 1. The van der Waals surface area contributed by atoms with E-state index >= 15 is 0 Å². The number of aryl methyl sites for hydroxylation is 1. The summed E-state index contributed by atoms with van der Waals surface area (Å²) in [6, 6.07) is 1.64. The van der Waals surface area contributed by atoms with Gasteiger partial charge in [-0.25, -0.2) is 4.79 Å². The summed E-state index contributed by atoms with van der Waals surface area (Å²) in [6.45, 7) is 4.47. The summed E-state index contributed by atoms with van der Waals surface area (Å²) in [5.74, 6) is 0.0101. The van der Waals surface area contributed by atoms with Crippen molar-refractivity contribution < 1.29 is 9.53 Å². The Morgan fingerprint density at radius 2 is 2.42 bits per heavy atom. The van der Waals surface area contributed by atoms with Crippen LogP contribution < -0.4 is 11.0 Å². The maximum absolute atomic E-state index is 12.2. The Hall–Kier alpha value is -1.69. The summed E-state index contributed by atoms with van der Waals surface area (Å²) in [7, 11) is 0. The largest absolute Gasteiger partial charge is 0.377 e. The lowest BCUT2D eigenvalue weighted by Crippen LogP contribution is -2.38. The van der Waals surface area contributed by atoms with E-state index in [1.807, 2.05) is 6.92 Å². The minimum Gasteiger partial charge on any atom is -0.377 e. The average Bonchev–Trinajstić information content (AvgIpc) is 2.37. The van der Waals surface area contributed by atoms with Gasteiger partial charge in [-0.15, -0.1) is 0 Å². The van der Waals surface area contributed by atoms with Crippen LogP contribution in [0.1, 0.15) is 31.9 Å². The summed E-state index contributed by atoms with van der Waals surface area (Å²) in [5, 5.41) is 2.71. The van der Waals surface area contributed by atoms with E-state index < -0.39 is 5.69 Å². The number of aromatic amines is 1. The van der Waals surface area contributed by atoms with Crippen LogP contribution in [0.5, 0.6) is 0 Å². The van der Waals surface area contributed by atoms with Gasteiger partial charge in [0.05, 0.1) is 12.0 Å². The van der Waals surface area contributed by atoms with Crippen molar-refractivity contribution >= 4 is 11.7 Å². The number of carbonyl (C=O) groups is 1. The van der Waals surface area contributed by atoms with Crippen molar-refractivity contribution in [2.24, 2.45) is 5.92 Å². The Balaban J connectivity index is 2.09. The van der Waals surface area contributed by atoms with Crippen LogP contribution in [-0.4, -0.2) is 28.6 Å².